The molecular formula is C15H15N5O4S. The van der Waals surface area contributed by atoms with Crippen molar-refractivity contribution in [1.29, 1.82) is 0 Å². The number of nitrogens with two attached hydrogens (primary N) is 2. The van der Waals surface area contributed by atoms with Crippen LogP contribution in [0, 0.1) is 0 Å². The summed E-state index contributed by atoms with van der Waals surface area (Å²) in [5.74, 6) is -0.991. The molecule has 25 heavy (non-hydrogen) atoms. The Bertz CT molecular complexity index is 956. The molecule has 7 N–H and O–H groups in total. The third kappa shape index (κ3) is 3.31. The number of primary amides is 1. The Morgan fingerprint density at radius 3 is 2.40 bits per heavy atom. The van der Waals surface area contributed by atoms with Gasteiger partial charge in [0.25, 0.3) is 0 Å². The quantitative estimate of drug-likeness (QED) is 0.473. The van der Waals surface area contributed by atoms with Crippen molar-refractivity contribution in [1.82, 2.24) is 5.43 Å². The minimum Gasteiger partial charge on any atom is -0.366 e. The van der Waals surface area contributed by atoms with E-state index in [-0.39, 0.29) is 16.4 Å². The molecule has 1 aliphatic heterocycles. The van der Waals surface area contributed by atoms with Gasteiger partial charge in [0.05, 0.1) is 4.90 Å². The molecule has 0 aliphatic carbocycles. The van der Waals surface area contributed by atoms with Gasteiger partial charge < -0.3 is 16.5 Å². The summed E-state index contributed by atoms with van der Waals surface area (Å²) < 4.78 is 22.5. The normalized spacial score (nSPS) is 16.2. The SMILES string of the molecule is NC(=O)c1cccc2c1C(NNc1ccc(S(N)(=O)=O)cc1)C(=O)N2. The van der Waals surface area contributed by atoms with Gasteiger partial charge in [-0.05, 0) is 36.4 Å². The summed E-state index contributed by atoms with van der Waals surface area (Å²) in [6, 6.07) is 9.63. The Balaban J connectivity index is 1.81. The molecule has 2 aromatic rings. The maximum Gasteiger partial charge on any atom is 0.249 e. The van der Waals surface area contributed by atoms with E-state index < -0.39 is 22.0 Å². The Morgan fingerprint density at radius 1 is 1.12 bits per heavy atom. The molecule has 10 heteroatoms. The van der Waals surface area contributed by atoms with Gasteiger partial charge in [0, 0.05) is 22.5 Å². The van der Waals surface area contributed by atoms with Gasteiger partial charge in [-0.25, -0.2) is 19.0 Å². The van der Waals surface area contributed by atoms with E-state index in [1.54, 1.807) is 12.1 Å². The van der Waals surface area contributed by atoms with Gasteiger partial charge in [-0.1, -0.05) is 6.07 Å². The molecule has 130 valence electrons. The number of primary sulfonamides is 1. The van der Waals surface area contributed by atoms with Gasteiger partial charge >= 0.3 is 0 Å². The Hall–Kier alpha value is -2.95. The number of rotatable bonds is 5. The molecule has 1 atom stereocenters. The fraction of sp³-hybridized carbons (Fsp3) is 0.0667. The fourth-order valence-corrected chi connectivity index (χ4v) is 3.07. The van der Waals surface area contributed by atoms with Gasteiger partial charge in [-0.2, -0.15) is 0 Å². The number of anilines is 2. The predicted octanol–water partition coefficient (Wildman–Crippen LogP) is 0.0428. The van der Waals surface area contributed by atoms with Crippen molar-refractivity contribution in [2.75, 3.05) is 10.7 Å². The van der Waals surface area contributed by atoms with Crippen molar-refractivity contribution in [2.45, 2.75) is 10.9 Å². The van der Waals surface area contributed by atoms with Crippen molar-refractivity contribution in [2.24, 2.45) is 10.9 Å². The predicted molar refractivity (Wildman–Crippen MR) is 90.9 cm³/mol. The summed E-state index contributed by atoms with van der Waals surface area (Å²) in [6.45, 7) is 0. The zero-order valence-corrected chi connectivity index (χ0v) is 13.6. The average molecular weight is 361 g/mol. The summed E-state index contributed by atoms with van der Waals surface area (Å²) in [7, 11) is -3.78. The van der Waals surface area contributed by atoms with Gasteiger partial charge in [0.15, 0.2) is 0 Å². The first-order chi connectivity index (χ1) is 11.8. The van der Waals surface area contributed by atoms with E-state index in [0.29, 0.717) is 16.9 Å². The molecule has 1 heterocycles. The summed E-state index contributed by atoms with van der Waals surface area (Å²) in [5, 5.41) is 7.70. The highest BCUT2D eigenvalue weighted by Gasteiger charge is 2.33. The minimum absolute atomic E-state index is 0.0296. The first kappa shape index (κ1) is 16.9. The number of hydrogen-bond acceptors (Lipinski definition) is 6. The van der Waals surface area contributed by atoms with Crippen molar-refractivity contribution in [3.8, 4) is 0 Å². The number of hydrogen-bond donors (Lipinski definition) is 5. The van der Waals surface area contributed by atoms with Crippen molar-refractivity contribution in [3.63, 3.8) is 0 Å². The second-order valence-corrected chi connectivity index (χ2v) is 6.95. The molecule has 9 nitrogen and oxygen atoms in total. The summed E-state index contributed by atoms with van der Waals surface area (Å²) in [4.78, 5) is 23.7. The Labute approximate surface area is 143 Å². The number of carbonyl (C=O) groups excluding carboxylic acids is 2. The zero-order chi connectivity index (χ0) is 18.2. The van der Waals surface area contributed by atoms with Crippen LogP contribution in [-0.4, -0.2) is 20.2 Å². The van der Waals surface area contributed by atoms with Crippen LogP contribution >= 0.6 is 0 Å². The van der Waals surface area contributed by atoms with Crippen LogP contribution in [0.2, 0.25) is 0 Å². The number of carbonyl (C=O) groups is 2. The Morgan fingerprint density at radius 2 is 1.80 bits per heavy atom. The minimum atomic E-state index is -3.78. The van der Waals surface area contributed by atoms with E-state index >= 15 is 0 Å². The molecule has 1 aliphatic rings. The first-order valence-corrected chi connectivity index (χ1v) is 8.70. The van der Waals surface area contributed by atoms with Gasteiger partial charge in [-0.3, -0.25) is 9.59 Å². The lowest BCUT2D eigenvalue weighted by atomic mass is 10.0. The summed E-state index contributed by atoms with van der Waals surface area (Å²) >= 11 is 0. The topological polar surface area (TPSA) is 156 Å². The number of nitrogens with one attached hydrogen (secondary N) is 3. The number of benzene rings is 2. The van der Waals surface area contributed by atoms with E-state index in [1.807, 2.05) is 0 Å². The maximum absolute atomic E-state index is 12.2. The molecule has 1 unspecified atom stereocenters. The number of hydrazine groups is 1. The van der Waals surface area contributed by atoms with Crippen LogP contribution in [0.3, 0.4) is 0 Å². The van der Waals surface area contributed by atoms with Crippen LogP contribution in [0.1, 0.15) is 22.0 Å². The molecule has 2 amide bonds. The lowest BCUT2D eigenvalue weighted by molar-refractivity contribution is -0.117. The lowest BCUT2D eigenvalue weighted by Gasteiger charge is -2.15. The van der Waals surface area contributed by atoms with E-state index in [1.165, 1.54) is 30.3 Å². The number of amides is 2. The zero-order valence-electron chi connectivity index (χ0n) is 12.8. The molecule has 0 saturated heterocycles. The largest absolute Gasteiger partial charge is 0.366 e. The van der Waals surface area contributed by atoms with Crippen LogP contribution in [-0.2, 0) is 14.8 Å². The molecule has 0 spiro atoms. The van der Waals surface area contributed by atoms with Crippen LogP contribution in [0.5, 0.6) is 0 Å². The third-order valence-corrected chi connectivity index (χ3v) is 4.65. The summed E-state index contributed by atoms with van der Waals surface area (Å²) in [6.07, 6.45) is 0. The molecular weight excluding hydrogens is 346 g/mol. The molecule has 0 aromatic heterocycles. The average Bonchev–Trinajstić information content (AvgIpc) is 2.87. The highest BCUT2D eigenvalue weighted by molar-refractivity contribution is 7.89. The molecule has 2 aromatic carbocycles. The van der Waals surface area contributed by atoms with Crippen LogP contribution in [0.15, 0.2) is 47.4 Å². The molecule has 0 bridgehead atoms. The number of sulfonamides is 1. The van der Waals surface area contributed by atoms with E-state index in [2.05, 4.69) is 16.2 Å². The van der Waals surface area contributed by atoms with E-state index in [4.69, 9.17) is 10.9 Å². The number of fused-ring (bicyclic) bond motifs is 1. The molecule has 3 rings (SSSR count). The molecule has 0 radical (unpaired) electrons. The van der Waals surface area contributed by atoms with Crippen molar-refractivity contribution >= 4 is 33.2 Å². The highest BCUT2D eigenvalue weighted by atomic mass is 32.2. The van der Waals surface area contributed by atoms with Gasteiger partial charge in [0.2, 0.25) is 21.8 Å². The van der Waals surface area contributed by atoms with Gasteiger partial charge in [0.1, 0.15) is 6.04 Å². The van der Waals surface area contributed by atoms with E-state index in [9.17, 15) is 18.0 Å². The maximum atomic E-state index is 12.2. The molecule has 0 saturated carbocycles. The second kappa shape index (κ2) is 6.16. The van der Waals surface area contributed by atoms with Gasteiger partial charge in [-0.15, -0.1) is 0 Å². The summed E-state index contributed by atoms with van der Waals surface area (Å²) in [5.41, 5.74) is 12.7. The highest BCUT2D eigenvalue weighted by Crippen LogP contribution is 2.33. The van der Waals surface area contributed by atoms with Crippen molar-refractivity contribution < 1.29 is 18.0 Å². The smallest absolute Gasteiger partial charge is 0.249 e. The third-order valence-electron chi connectivity index (χ3n) is 3.72. The molecule has 0 fully saturated rings. The van der Waals surface area contributed by atoms with Crippen LogP contribution < -0.4 is 27.0 Å². The fourth-order valence-electron chi connectivity index (χ4n) is 2.56. The monoisotopic (exact) mass is 361 g/mol. The van der Waals surface area contributed by atoms with Crippen LogP contribution in [0.25, 0.3) is 0 Å². The van der Waals surface area contributed by atoms with E-state index in [0.717, 1.165) is 0 Å². The Kier molecular flexibility index (Phi) is 4.17. The van der Waals surface area contributed by atoms with Crippen LogP contribution in [0.4, 0.5) is 11.4 Å². The van der Waals surface area contributed by atoms with Crippen molar-refractivity contribution in [3.05, 3.63) is 53.6 Å². The second-order valence-electron chi connectivity index (χ2n) is 5.39. The standard InChI is InChI=1S/C15H15N5O4S/c16-14(21)10-2-1-3-11-12(10)13(15(22)18-11)20-19-8-4-6-9(7-5-8)25(17,23)24/h1-7,13,19-20H,(H2,16,21)(H,18,22)(H2,17,23,24). The lowest BCUT2D eigenvalue weighted by Crippen LogP contribution is -2.33. The first-order valence-electron chi connectivity index (χ1n) is 7.15.